The van der Waals surface area contributed by atoms with Crippen LogP contribution in [0.15, 0.2) is 10.6 Å². The van der Waals surface area contributed by atoms with Crippen molar-refractivity contribution in [2.24, 2.45) is 5.92 Å². The van der Waals surface area contributed by atoms with Gasteiger partial charge in [-0.25, -0.2) is 4.98 Å². The highest BCUT2D eigenvalue weighted by Gasteiger charge is 2.59. The molecule has 0 aliphatic rings. The maximum atomic E-state index is 12.4. The van der Waals surface area contributed by atoms with E-state index in [1.54, 1.807) is 0 Å². The van der Waals surface area contributed by atoms with Crippen LogP contribution in [0.25, 0.3) is 0 Å². The van der Waals surface area contributed by atoms with Crippen LogP contribution < -0.4 is 5.32 Å². The molecule has 0 saturated carbocycles. The molecule has 1 aromatic heterocycles. The number of nitrogens with one attached hydrogen (secondary N) is 1. The van der Waals surface area contributed by atoms with Gasteiger partial charge < -0.3 is 9.73 Å². The number of halogens is 6. The van der Waals surface area contributed by atoms with Crippen LogP contribution in [0.1, 0.15) is 31.4 Å². The lowest BCUT2D eigenvalue weighted by Crippen LogP contribution is -2.33. The lowest BCUT2D eigenvalue weighted by Gasteiger charge is -2.20. The van der Waals surface area contributed by atoms with E-state index in [9.17, 15) is 26.3 Å². The van der Waals surface area contributed by atoms with Crippen molar-refractivity contribution in [1.29, 1.82) is 0 Å². The predicted octanol–water partition coefficient (Wildman–Crippen LogP) is 3.63. The molecule has 0 radical (unpaired) electrons. The fourth-order valence-electron chi connectivity index (χ4n) is 1.52. The molecule has 3 nitrogen and oxygen atoms in total. The van der Waals surface area contributed by atoms with E-state index < -0.39 is 24.0 Å². The molecule has 0 aliphatic heterocycles. The number of nitrogens with zero attached hydrogens (tertiary/aromatic N) is 1. The highest BCUT2D eigenvalue weighted by atomic mass is 19.4. The third kappa shape index (κ3) is 4.69. The summed E-state index contributed by atoms with van der Waals surface area (Å²) in [5.41, 5.74) is 0. The average molecular weight is 304 g/mol. The van der Waals surface area contributed by atoms with Crippen LogP contribution in [0, 0.1) is 5.92 Å². The van der Waals surface area contributed by atoms with Gasteiger partial charge in [-0.15, -0.1) is 0 Å². The summed E-state index contributed by atoms with van der Waals surface area (Å²) in [6.45, 7) is 4.31. The predicted molar refractivity (Wildman–Crippen MR) is 57.9 cm³/mol. The molecule has 0 bridgehead atoms. The third-order valence-corrected chi connectivity index (χ3v) is 2.34. The van der Waals surface area contributed by atoms with E-state index in [-0.39, 0.29) is 18.4 Å². The molecular weight excluding hydrogens is 290 g/mol. The SMILES string of the molecule is CC(C)CNCc1ncc(C(C(F)(F)F)C(F)(F)F)o1. The first-order valence-corrected chi connectivity index (χ1v) is 5.80. The molecule has 0 aromatic carbocycles. The highest BCUT2D eigenvalue weighted by Crippen LogP contribution is 2.46. The number of alkyl halides is 6. The van der Waals surface area contributed by atoms with Crippen molar-refractivity contribution in [3.8, 4) is 0 Å². The molecule has 1 rings (SSSR count). The van der Waals surface area contributed by atoms with Gasteiger partial charge in [-0.2, -0.15) is 26.3 Å². The van der Waals surface area contributed by atoms with Gasteiger partial charge in [0.15, 0.2) is 0 Å². The van der Waals surface area contributed by atoms with Gasteiger partial charge in [0, 0.05) is 0 Å². The van der Waals surface area contributed by atoms with Crippen LogP contribution in [0.3, 0.4) is 0 Å². The standard InChI is InChI=1S/C11H14F6N2O/c1-6(2)3-18-5-8-19-4-7(20-8)9(10(12,13)14)11(15,16)17/h4,6,9,18H,3,5H2,1-2H3. The molecule has 116 valence electrons. The van der Waals surface area contributed by atoms with Gasteiger partial charge in [-0.3, -0.25) is 0 Å². The summed E-state index contributed by atoms with van der Waals surface area (Å²) in [5, 5.41) is 2.81. The van der Waals surface area contributed by atoms with Crippen LogP contribution in [0.4, 0.5) is 26.3 Å². The second-order valence-electron chi connectivity index (χ2n) is 4.70. The van der Waals surface area contributed by atoms with Gasteiger partial charge in [-0.05, 0) is 12.5 Å². The highest BCUT2D eigenvalue weighted by molar-refractivity contribution is 5.08. The van der Waals surface area contributed by atoms with Crippen LogP contribution in [0.5, 0.6) is 0 Å². The Morgan fingerprint density at radius 3 is 2.15 bits per heavy atom. The molecule has 0 fully saturated rings. The smallest absolute Gasteiger partial charge is 0.407 e. The Bertz CT molecular complexity index is 409. The van der Waals surface area contributed by atoms with Crippen molar-refractivity contribution < 1.29 is 30.8 Å². The largest absolute Gasteiger partial charge is 0.443 e. The van der Waals surface area contributed by atoms with E-state index in [2.05, 4.69) is 14.7 Å². The Morgan fingerprint density at radius 1 is 1.15 bits per heavy atom. The van der Waals surface area contributed by atoms with Crippen LogP contribution in [-0.2, 0) is 6.54 Å². The molecule has 0 atom stereocenters. The molecule has 0 amide bonds. The topological polar surface area (TPSA) is 38.1 Å². The maximum absolute atomic E-state index is 12.4. The number of aromatic nitrogens is 1. The molecule has 0 saturated heterocycles. The molecular formula is C11H14F6N2O. The van der Waals surface area contributed by atoms with Crippen molar-refractivity contribution in [3.05, 3.63) is 17.8 Å². The quantitative estimate of drug-likeness (QED) is 0.844. The number of oxazole rings is 1. The summed E-state index contributed by atoms with van der Waals surface area (Å²) in [6.07, 6.45) is -10.5. The molecule has 0 unspecified atom stereocenters. The lowest BCUT2D eigenvalue weighted by atomic mass is 10.1. The summed E-state index contributed by atoms with van der Waals surface area (Å²) in [4.78, 5) is 3.43. The molecule has 0 aliphatic carbocycles. The summed E-state index contributed by atoms with van der Waals surface area (Å²) >= 11 is 0. The van der Waals surface area contributed by atoms with Crippen LogP contribution in [-0.4, -0.2) is 23.9 Å². The van der Waals surface area contributed by atoms with Crippen LogP contribution in [0.2, 0.25) is 0 Å². The Balaban J connectivity index is 2.82. The summed E-state index contributed by atoms with van der Waals surface area (Å²) in [5.74, 6) is -4.82. The molecule has 9 heteroatoms. The molecule has 20 heavy (non-hydrogen) atoms. The van der Waals surface area contributed by atoms with Crippen molar-refractivity contribution in [1.82, 2.24) is 10.3 Å². The molecule has 1 heterocycles. The van der Waals surface area contributed by atoms with Gasteiger partial charge in [0.05, 0.1) is 12.7 Å². The molecule has 1 N–H and O–H groups in total. The molecule has 1 aromatic rings. The van der Waals surface area contributed by atoms with Crippen molar-refractivity contribution in [2.75, 3.05) is 6.54 Å². The minimum atomic E-state index is -5.47. The Morgan fingerprint density at radius 2 is 1.70 bits per heavy atom. The van der Waals surface area contributed by atoms with E-state index in [1.165, 1.54) is 0 Å². The van der Waals surface area contributed by atoms with E-state index >= 15 is 0 Å². The first-order chi connectivity index (χ1) is 9.01. The van der Waals surface area contributed by atoms with Crippen LogP contribution >= 0.6 is 0 Å². The Labute approximate surface area is 111 Å². The third-order valence-electron chi connectivity index (χ3n) is 2.34. The minimum absolute atomic E-state index is 0.0272. The average Bonchev–Trinajstić information content (AvgIpc) is 2.60. The van der Waals surface area contributed by atoms with Gasteiger partial charge >= 0.3 is 12.4 Å². The summed E-state index contributed by atoms with van der Waals surface area (Å²) in [7, 11) is 0. The fourth-order valence-corrected chi connectivity index (χ4v) is 1.52. The lowest BCUT2D eigenvalue weighted by molar-refractivity contribution is -0.257. The Kier molecular flexibility index (Phi) is 5.06. The van der Waals surface area contributed by atoms with E-state index in [0.29, 0.717) is 12.7 Å². The zero-order valence-electron chi connectivity index (χ0n) is 10.8. The Hall–Kier alpha value is -1.25. The fraction of sp³-hybridized carbons (Fsp3) is 0.727. The van der Waals surface area contributed by atoms with Gasteiger partial charge in [0.2, 0.25) is 11.8 Å². The second-order valence-corrected chi connectivity index (χ2v) is 4.70. The maximum Gasteiger partial charge on any atom is 0.407 e. The van der Waals surface area contributed by atoms with E-state index in [0.717, 1.165) is 0 Å². The van der Waals surface area contributed by atoms with Crippen molar-refractivity contribution in [2.45, 2.75) is 38.7 Å². The summed E-state index contributed by atoms with van der Waals surface area (Å²) in [6, 6.07) is 0. The second kappa shape index (κ2) is 6.02. The minimum Gasteiger partial charge on any atom is -0.443 e. The first-order valence-electron chi connectivity index (χ1n) is 5.80. The number of hydrogen-bond donors (Lipinski definition) is 1. The van der Waals surface area contributed by atoms with E-state index in [4.69, 9.17) is 0 Å². The van der Waals surface area contributed by atoms with E-state index in [1.807, 2.05) is 13.8 Å². The van der Waals surface area contributed by atoms with Crippen molar-refractivity contribution >= 4 is 0 Å². The molecule has 0 spiro atoms. The first kappa shape index (κ1) is 16.8. The monoisotopic (exact) mass is 304 g/mol. The summed E-state index contributed by atoms with van der Waals surface area (Å²) < 4.78 is 79.2. The van der Waals surface area contributed by atoms with Gasteiger partial charge in [0.25, 0.3) is 0 Å². The number of hydrogen-bond acceptors (Lipinski definition) is 3. The zero-order chi connectivity index (χ0) is 15.6. The van der Waals surface area contributed by atoms with Gasteiger partial charge in [-0.1, -0.05) is 13.8 Å². The normalized spacial score (nSPS) is 13.5. The van der Waals surface area contributed by atoms with Crippen molar-refractivity contribution in [3.63, 3.8) is 0 Å². The number of rotatable bonds is 5. The van der Waals surface area contributed by atoms with Gasteiger partial charge in [0.1, 0.15) is 5.76 Å². The zero-order valence-corrected chi connectivity index (χ0v) is 10.8.